The standard InChI is InChI=1S/C19H18FN3O2/c1-13(2)17-12-18(21-19(24)25-16-9-4-3-5-10-16)23(22-17)15-8-6-7-14(20)11-15/h3-13H,1-2H3,(H,21,24). The minimum absolute atomic E-state index is 0.153. The van der Waals surface area contributed by atoms with Gasteiger partial charge in [0.2, 0.25) is 0 Å². The molecule has 1 heterocycles. The van der Waals surface area contributed by atoms with Crippen molar-refractivity contribution in [3.05, 3.63) is 72.2 Å². The van der Waals surface area contributed by atoms with Crippen molar-refractivity contribution in [3.8, 4) is 11.4 Å². The average molecular weight is 339 g/mol. The molecule has 3 rings (SSSR count). The maximum absolute atomic E-state index is 13.5. The van der Waals surface area contributed by atoms with Crippen molar-refractivity contribution < 1.29 is 13.9 Å². The number of nitrogens with one attached hydrogen (secondary N) is 1. The largest absolute Gasteiger partial charge is 0.418 e. The Bertz CT molecular complexity index is 875. The van der Waals surface area contributed by atoms with Crippen LogP contribution in [0.1, 0.15) is 25.5 Å². The first-order valence-corrected chi connectivity index (χ1v) is 7.92. The van der Waals surface area contributed by atoms with Crippen LogP contribution < -0.4 is 10.1 Å². The van der Waals surface area contributed by atoms with Crippen LogP contribution in [0.15, 0.2) is 60.7 Å². The lowest BCUT2D eigenvalue weighted by molar-refractivity contribution is 0.215. The van der Waals surface area contributed by atoms with Gasteiger partial charge < -0.3 is 4.74 Å². The zero-order valence-electron chi connectivity index (χ0n) is 13.9. The molecule has 5 nitrogen and oxygen atoms in total. The van der Waals surface area contributed by atoms with Crippen LogP contribution in [0.2, 0.25) is 0 Å². The number of aromatic nitrogens is 2. The number of anilines is 1. The molecule has 128 valence electrons. The Kier molecular flexibility index (Phi) is 4.79. The minimum Gasteiger partial charge on any atom is -0.410 e. The van der Waals surface area contributed by atoms with E-state index in [1.165, 1.54) is 16.8 Å². The molecule has 0 aliphatic rings. The smallest absolute Gasteiger partial charge is 0.410 e. The van der Waals surface area contributed by atoms with Gasteiger partial charge in [0.1, 0.15) is 17.4 Å². The lowest BCUT2D eigenvalue weighted by Crippen LogP contribution is -2.19. The van der Waals surface area contributed by atoms with Gasteiger partial charge in [0.25, 0.3) is 0 Å². The molecule has 0 unspecified atom stereocenters. The lowest BCUT2D eigenvalue weighted by Gasteiger charge is -2.09. The third kappa shape index (κ3) is 4.03. The number of halogens is 1. The van der Waals surface area contributed by atoms with Gasteiger partial charge in [0.05, 0.1) is 11.4 Å². The predicted molar refractivity (Wildman–Crippen MR) is 93.7 cm³/mol. The maximum Gasteiger partial charge on any atom is 0.418 e. The summed E-state index contributed by atoms with van der Waals surface area (Å²) in [6.45, 7) is 3.98. The Balaban J connectivity index is 1.88. The van der Waals surface area contributed by atoms with Gasteiger partial charge in [-0.15, -0.1) is 0 Å². The number of rotatable bonds is 4. The quantitative estimate of drug-likeness (QED) is 0.746. The van der Waals surface area contributed by atoms with Gasteiger partial charge >= 0.3 is 6.09 Å². The van der Waals surface area contributed by atoms with Crippen molar-refractivity contribution in [2.24, 2.45) is 0 Å². The van der Waals surface area contributed by atoms with E-state index in [1.54, 1.807) is 42.5 Å². The highest BCUT2D eigenvalue weighted by Gasteiger charge is 2.15. The van der Waals surface area contributed by atoms with E-state index < -0.39 is 6.09 Å². The summed E-state index contributed by atoms with van der Waals surface area (Å²) in [6.07, 6.45) is -0.640. The van der Waals surface area contributed by atoms with Gasteiger partial charge in [-0.3, -0.25) is 5.32 Å². The number of carbonyl (C=O) groups excluding carboxylic acids is 1. The molecular weight excluding hydrogens is 321 g/mol. The third-order valence-electron chi connectivity index (χ3n) is 3.56. The molecule has 2 aromatic carbocycles. The molecule has 0 saturated heterocycles. The molecule has 0 aliphatic heterocycles. The highest BCUT2D eigenvalue weighted by Crippen LogP contribution is 2.23. The Morgan fingerprint density at radius 3 is 2.56 bits per heavy atom. The fourth-order valence-corrected chi connectivity index (χ4v) is 2.30. The lowest BCUT2D eigenvalue weighted by atomic mass is 10.1. The molecule has 0 bridgehead atoms. The van der Waals surface area contributed by atoms with E-state index in [1.807, 2.05) is 19.9 Å². The second kappa shape index (κ2) is 7.17. The van der Waals surface area contributed by atoms with Crippen LogP contribution in [0.4, 0.5) is 15.0 Å². The summed E-state index contributed by atoms with van der Waals surface area (Å²) in [5.41, 5.74) is 1.29. The van der Waals surface area contributed by atoms with Gasteiger partial charge in [0.15, 0.2) is 0 Å². The Morgan fingerprint density at radius 2 is 1.88 bits per heavy atom. The fourth-order valence-electron chi connectivity index (χ4n) is 2.30. The van der Waals surface area contributed by atoms with Crippen LogP contribution in [-0.2, 0) is 0 Å². The van der Waals surface area contributed by atoms with E-state index in [2.05, 4.69) is 10.4 Å². The van der Waals surface area contributed by atoms with Crippen molar-refractivity contribution in [3.63, 3.8) is 0 Å². The van der Waals surface area contributed by atoms with Crippen LogP contribution in [0.5, 0.6) is 5.75 Å². The van der Waals surface area contributed by atoms with Gasteiger partial charge in [-0.05, 0) is 36.2 Å². The SMILES string of the molecule is CC(C)c1cc(NC(=O)Oc2ccccc2)n(-c2cccc(F)c2)n1. The molecule has 1 aromatic heterocycles. The van der Waals surface area contributed by atoms with Gasteiger partial charge in [0, 0.05) is 6.07 Å². The normalized spacial score (nSPS) is 10.7. The van der Waals surface area contributed by atoms with Crippen LogP contribution in [0, 0.1) is 5.82 Å². The van der Waals surface area contributed by atoms with Gasteiger partial charge in [-0.1, -0.05) is 38.1 Å². The zero-order valence-corrected chi connectivity index (χ0v) is 13.9. The minimum atomic E-state index is -0.640. The van der Waals surface area contributed by atoms with Crippen molar-refractivity contribution in [1.82, 2.24) is 9.78 Å². The van der Waals surface area contributed by atoms with Gasteiger partial charge in [-0.2, -0.15) is 5.10 Å². The van der Waals surface area contributed by atoms with E-state index >= 15 is 0 Å². The number of ether oxygens (including phenoxy) is 1. The first-order chi connectivity index (χ1) is 12.0. The number of benzene rings is 2. The van der Waals surface area contributed by atoms with Crippen molar-refractivity contribution in [1.29, 1.82) is 0 Å². The second-order valence-electron chi connectivity index (χ2n) is 5.83. The number of hydrogen-bond donors (Lipinski definition) is 1. The topological polar surface area (TPSA) is 56.1 Å². The molecule has 0 aliphatic carbocycles. The number of para-hydroxylation sites is 1. The van der Waals surface area contributed by atoms with Crippen molar-refractivity contribution in [2.45, 2.75) is 19.8 Å². The van der Waals surface area contributed by atoms with Gasteiger partial charge in [-0.25, -0.2) is 13.9 Å². The third-order valence-corrected chi connectivity index (χ3v) is 3.56. The summed E-state index contributed by atoms with van der Waals surface area (Å²) < 4.78 is 20.3. The molecular formula is C19H18FN3O2. The summed E-state index contributed by atoms with van der Waals surface area (Å²) in [5, 5.41) is 7.13. The first kappa shape index (κ1) is 16.7. The molecule has 0 fully saturated rings. The summed E-state index contributed by atoms with van der Waals surface area (Å²) >= 11 is 0. The number of hydrogen-bond acceptors (Lipinski definition) is 3. The summed E-state index contributed by atoms with van der Waals surface area (Å²) in [7, 11) is 0. The summed E-state index contributed by atoms with van der Waals surface area (Å²) in [4.78, 5) is 12.2. The molecule has 25 heavy (non-hydrogen) atoms. The van der Waals surface area contributed by atoms with Crippen LogP contribution in [-0.4, -0.2) is 15.9 Å². The number of nitrogens with zero attached hydrogens (tertiary/aromatic N) is 2. The number of amides is 1. The Labute approximate surface area is 145 Å². The fraction of sp³-hybridized carbons (Fsp3) is 0.158. The van der Waals surface area contributed by atoms with E-state index in [4.69, 9.17) is 4.74 Å². The molecule has 3 aromatic rings. The Morgan fingerprint density at radius 1 is 1.12 bits per heavy atom. The molecule has 0 spiro atoms. The highest BCUT2D eigenvalue weighted by atomic mass is 19.1. The highest BCUT2D eigenvalue weighted by molar-refractivity contribution is 5.85. The molecule has 1 N–H and O–H groups in total. The first-order valence-electron chi connectivity index (χ1n) is 7.92. The van der Waals surface area contributed by atoms with E-state index in [-0.39, 0.29) is 11.7 Å². The summed E-state index contributed by atoms with van der Waals surface area (Å²) in [6, 6.07) is 16.5. The second-order valence-corrected chi connectivity index (χ2v) is 5.83. The van der Waals surface area contributed by atoms with Crippen LogP contribution in [0.3, 0.4) is 0 Å². The summed E-state index contributed by atoms with van der Waals surface area (Å²) in [5.74, 6) is 0.619. The van der Waals surface area contributed by atoms with E-state index in [0.29, 0.717) is 17.3 Å². The van der Waals surface area contributed by atoms with Crippen molar-refractivity contribution >= 4 is 11.9 Å². The molecule has 6 heteroatoms. The van der Waals surface area contributed by atoms with Crippen LogP contribution >= 0.6 is 0 Å². The Hall–Kier alpha value is -3.15. The van der Waals surface area contributed by atoms with Crippen molar-refractivity contribution in [2.75, 3.05) is 5.32 Å². The average Bonchev–Trinajstić information content (AvgIpc) is 3.00. The maximum atomic E-state index is 13.5. The monoisotopic (exact) mass is 339 g/mol. The molecule has 0 atom stereocenters. The van der Waals surface area contributed by atoms with Crippen LogP contribution in [0.25, 0.3) is 5.69 Å². The number of carbonyl (C=O) groups is 1. The predicted octanol–water partition coefficient (Wildman–Crippen LogP) is 4.75. The zero-order chi connectivity index (χ0) is 17.8. The molecule has 0 radical (unpaired) electrons. The molecule has 1 amide bonds. The molecule has 0 saturated carbocycles. The van der Waals surface area contributed by atoms with E-state index in [0.717, 1.165) is 5.69 Å². The van der Waals surface area contributed by atoms with E-state index in [9.17, 15) is 9.18 Å².